The van der Waals surface area contributed by atoms with E-state index in [-0.39, 0.29) is 0 Å². The number of methoxy groups -OCH3 is 1. The molecule has 0 aliphatic rings. The van der Waals surface area contributed by atoms with Crippen molar-refractivity contribution in [1.82, 2.24) is 0 Å². The van der Waals surface area contributed by atoms with Gasteiger partial charge in [-0.3, -0.25) is 0 Å². The Hall–Kier alpha value is -2.02. The van der Waals surface area contributed by atoms with Crippen molar-refractivity contribution in [3.05, 3.63) is 72.8 Å². The lowest BCUT2D eigenvalue weighted by Crippen LogP contribution is -1.84. The molecule has 1 heteroatoms. The third-order valence-electron chi connectivity index (χ3n) is 2.03. The van der Waals surface area contributed by atoms with Gasteiger partial charge in [-0.25, -0.2) is 0 Å². The van der Waals surface area contributed by atoms with Crippen molar-refractivity contribution in [3.8, 4) is 5.75 Å². The Morgan fingerprint density at radius 3 is 1.75 bits per heavy atom. The Bertz CT molecular complexity index is 380. The van der Waals surface area contributed by atoms with Gasteiger partial charge in [-0.1, -0.05) is 67.3 Å². The topological polar surface area (TPSA) is 9.23 Å². The second-order valence-electron chi connectivity index (χ2n) is 3.10. The van der Waals surface area contributed by atoms with E-state index in [2.05, 4.69) is 6.58 Å². The Morgan fingerprint density at radius 1 is 0.875 bits per heavy atom. The lowest BCUT2D eigenvalue weighted by molar-refractivity contribution is 0.414. The normalized spacial score (nSPS) is 8.56. The molecule has 0 aromatic heterocycles. The van der Waals surface area contributed by atoms with Crippen LogP contribution in [0.1, 0.15) is 5.56 Å². The van der Waals surface area contributed by atoms with Crippen LogP contribution in [0.3, 0.4) is 0 Å². The van der Waals surface area contributed by atoms with Crippen LogP contribution in [0.25, 0.3) is 6.08 Å². The molecule has 0 bridgehead atoms. The van der Waals surface area contributed by atoms with E-state index in [4.69, 9.17) is 4.74 Å². The van der Waals surface area contributed by atoms with E-state index in [1.165, 1.54) is 0 Å². The lowest BCUT2D eigenvalue weighted by Gasteiger charge is -2.01. The number of hydrogen-bond donors (Lipinski definition) is 0. The molecule has 2 aromatic rings. The molecule has 0 unspecified atom stereocenters. The molecule has 0 N–H and O–H groups in total. The molecule has 0 saturated heterocycles. The molecule has 2 aromatic carbocycles. The lowest BCUT2D eigenvalue weighted by atomic mass is 10.2. The van der Waals surface area contributed by atoms with Crippen molar-refractivity contribution in [2.24, 2.45) is 0 Å². The summed E-state index contributed by atoms with van der Waals surface area (Å²) in [5.41, 5.74) is 1.03. The zero-order valence-corrected chi connectivity index (χ0v) is 9.47. The second kappa shape index (κ2) is 7.30. The van der Waals surface area contributed by atoms with Crippen molar-refractivity contribution in [2.45, 2.75) is 0 Å². The highest BCUT2D eigenvalue weighted by molar-refractivity contribution is 5.55. The Kier molecular flexibility index (Phi) is 5.49. The zero-order chi connectivity index (χ0) is 11.6. The molecule has 2 rings (SSSR count). The van der Waals surface area contributed by atoms with E-state index in [0.29, 0.717) is 0 Å². The first-order chi connectivity index (χ1) is 7.88. The fourth-order valence-corrected chi connectivity index (χ4v) is 1.22. The SMILES string of the molecule is C=Cc1ccccc1OC.c1ccccc1. The van der Waals surface area contributed by atoms with Gasteiger partial charge >= 0.3 is 0 Å². The van der Waals surface area contributed by atoms with Crippen molar-refractivity contribution in [3.63, 3.8) is 0 Å². The van der Waals surface area contributed by atoms with Gasteiger partial charge in [0, 0.05) is 5.56 Å². The van der Waals surface area contributed by atoms with Gasteiger partial charge in [0.05, 0.1) is 7.11 Å². The Balaban J connectivity index is 0.000000181. The summed E-state index contributed by atoms with van der Waals surface area (Å²) in [6, 6.07) is 19.8. The van der Waals surface area contributed by atoms with Gasteiger partial charge in [-0.2, -0.15) is 0 Å². The highest BCUT2D eigenvalue weighted by atomic mass is 16.5. The summed E-state index contributed by atoms with van der Waals surface area (Å²) < 4.78 is 5.06. The van der Waals surface area contributed by atoms with E-state index in [1.54, 1.807) is 13.2 Å². The van der Waals surface area contributed by atoms with Crippen LogP contribution in [-0.2, 0) is 0 Å². The van der Waals surface area contributed by atoms with Crippen molar-refractivity contribution < 1.29 is 4.74 Å². The van der Waals surface area contributed by atoms with Gasteiger partial charge in [0.25, 0.3) is 0 Å². The standard InChI is InChI=1S/C9H10O.C6H6/c1-3-8-6-4-5-7-9(8)10-2;1-2-4-6-5-3-1/h3-7H,1H2,2H3;1-6H. The van der Waals surface area contributed by atoms with Gasteiger partial charge in [0.15, 0.2) is 0 Å². The predicted molar refractivity (Wildman–Crippen MR) is 69.5 cm³/mol. The molecular formula is C15H16O. The number of ether oxygens (including phenoxy) is 1. The Labute approximate surface area is 97.0 Å². The van der Waals surface area contributed by atoms with Crippen LogP contribution in [0, 0.1) is 0 Å². The van der Waals surface area contributed by atoms with E-state index in [0.717, 1.165) is 11.3 Å². The fraction of sp³-hybridized carbons (Fsp3) is 0.0667. The highest BCUT2D eigenvalue weighted by Gasteiger charge is 1.93. The smallest absolute Gasteiger partial charge is 0.126 e. The third kappa shape index (κ3) is 4.01. The molecule has 0 radical (unpaired) electrons. The molecule has 0 saturated carbocycles. The minimum Gasteiger partial charge on any atom is -0.496 e. The van der Waals surface area contributed by atoms with Crippen molar-refractivity contribution in [1.29, 1.82) is 0 Å². The van der Waals surface area contributed by atoms with Crippen molar-refractivity contribution >= 4 is 6.08 Å². The maximum Gasteiger partial charge on any atom is 0.126 e. The summed E-state index contributed by atoms with van der Waals surface area (Å²) in [6.45, 7) is 3.66. The summed E-state index contributed by atoms with van der Waals surface area (Å²) in [6.07, 6.45) is 1.78. The first kappa shape index (κ1) is 12.1. The summed E-state index contributed by atoms with van der Waals surface area (Å²) >= 11 is 0. The highest BCUT2D eigenvalue weighted by Crippen LogP contribution is 2.17. The van der Waals surface area contributed by atoms with Crippen LogP contribution >= 0.6 is 0 Å². The van der Waals surface area contributed by atoms with E-state index in [1.807, 2.05) is 60.7 Å². The Morgan fingerprint density at radius 2 is 1.38 bits per heavy atom. The summed E-state index contributed by atoms with van der Waals surface area (Å²) in [7, 11) is 1.66. The average molecular weight is 212 g/mol. The molecule has 0 fully saturated rings. The first-order valence-electron chi connectivity index (χ1n) is 5.14. The molecule has 0 heterocycles. The van der Waals surface area contributed by atoms with Gasteiger partial charge < -0.3 is 4.74 Å². The number of benzene rings is 2. The molecule has 1 nitrogen and oxygen atoms in total. The fourth-order valence-electron chi connectivity index (χ4n) is 1.22. The third-order valence-corrected chi connectivity index (χ3v) is 2.03. The van der Waals surface area contributed by atoms with Crippen molar-refractivity contribution in [2.75, 3.05) is 7.11 Å². The monoisotopic (exact) mass is 212 g/mol. The molecule has 0 spiro atoms. The first-order valence-corrected chi connectivity index (χ1v) is 5.14. The summed E-state index contributed by atoms with van der Waals surface area (Å²) in [5, 5.41) is 0. The van der Waals surface area contributed by atoms with Crippen LogP contribution in [0.2, 0.25) is 0 Å². The molecule has 0 atom stereocenters. The molecule has 82 valence electrons. The van der Waals surface area contributed by atoms with E-state index in [9.17, 15) is 0 Å². The second-order valence-corrected chi connectivity index (χ2v) is 3.10. The summed E-state index contributed by atoms with van der Waals surface area (Å²) in [5.74, 6) is 0.873. The van der Waals surface area contributed by atoms with Gasteiger partial charge in [-0.15, -0.1) is 0 Å². The summed E-state index contributed by atoms with van der Waals surface area (Å²) in [4.78, 5) is 0. The minimum atomic E-state index is 0.873. The van der Waals surface area contributed by atoms with Crippen LogP contribution in [0.4, 0.5) is 0 Å². The van der Waals surface area contributed by atoms with Gasteiger partial charge in [0.1, 0.15) is 5.75 Å². The maximum atomic E-state index is 5.06. The maximum absolute atomic E-state index is 5.06. The number of para-hydroxylation sites is 1. The number of hydrogen-bond acceptors (Lipinski definition) is 1. The quantitative estimate of drug-likeness (QED) is 0.730. The van der Waals surface area contributed by atoms with Gasteiger partial charge in [0.2, 0.25) is 0 Å². The van der Waals surface area contributed by atoms with Crippen LogP contribution < -0.4 is 4.74 Å². The van der Waals surface area contributed by atoms with Gasteiger partial charge in [-0.05, 0) is 6.07 Å². The van der Waals surface area contributed by atoms with Crippen LogP contribution in [-0.4, -0.2) is 7.11 Å². The predicted octanol–water partition coefficient (Wildman–Crippen LogP) is 4.02. The van der Waals surface area contributed by atoms with E-state index >= 15 is 0 Å². The van der Waals surface area contributed by atoms with E-state index < -0.39 is 0 Å². The largest absolute Gasteiger partial charge is 0.496 e. The molecular weight excluding hydrogens is 196 g/mol. The van der Waals surface area contributed by atoms with Crippen LogP contribution in [0.5, 0.6) is 5.75 Å². The molecule has 0 aliphatic carbocycles. The molecule has 0 amide bonds. The average Bonchev–Trinajstić information content (AvgIpc) is 2.41. The van der Waals surface area contributed by atoms with Crippen LogP contribution in [0.15, 0.2) is 67.2 Å². The number of rotatable bonds is 2. The molecule has 16 heavy (non-hydrogen) atoms. The molecule has 0 aliphatic heterocycles. The zero-order valence-electron chi connectivity index (χ0n) is 9.47. The minimum absolute atomic E-state index is 0.873.